The van der Waals surface area contributed by atoms with E-state index in [1.165, 1.54) is 11.8 Å². The van der Waals surface area contributed by atoms with Crippen molar-refractivity contribution in [2.75, 3.05) is 13.7 Å². The number of benzene rings is 2. The molecule has 0 saturated carbocycles. The first-order chi connectivity index (χ1) is 13.1. The standard InChI is InChI=1S/C19H18N4O3S/c1-3-26-16-7-5-4-6-15(16)17-21-22-19(27)23(17)20-12-13-8-10-14(11-9-13)18(24)25-2/h4-12H,3H2,1-2H3,(H,22,27)/b20-12-. The summed E-state index contributed by atoms with van der Waals surface area (Å²) in [4.78, 5) is 11.5. The van der Waals surface area contributed by atoms with E-state index in [1.54, 1.807) is 30.5 Å². The lowest BCUT2D eigenvalue weighted by atomic mass is 10.1. The maximum absolute atomic E-state index is 11.5. The number of rotatable bonds is 6. The summed E-state index contributed by atoms with van der Waals surface area (Å²) in [5.74, 6) is 0.865. The summed E-state index contributed by atoms with van der Waals surface area (Å²) in [5, 5.41) is 11.5. The highest BCUT2D eigenvalue weighted by Crippen LogP contribution is 2.28. The third-order valence-corrected chi connectivity index (χ3v) is 4.00. The number of esters is 1. The van der Waals surface area contributed by atoms with Gasteiger partial charge in [0, 0.05) is 0 Å². The summed E-state index contributed by atoms with van der Waals surface area (Å²) < 4.78 is 12.2. The summed E-state index contributed by atoms with van der Waals surface area (Å²) >= 11 is 5.30. The Kier molecular flexibility index (Phi) is 5.77. The van der Waals surface area contributed by atoms with Crippen molar-refractivity contribution in [2.24, 2.45) is 5.10 Å². The van der Waals surface area contributed by atoms with E-state index in [1.807, 2.05) is 31.2 Å². The Balaban J connectivity index is 1.93. The second kappa shape index (κ2) is 8.41. The topological polar surface area (TPSA) is 81.5 Å². The maximum atomic E-state index is 11.5. The molecule has 0 fully saturated rings. The van der Waals surface area contributed by atoms with Gasteiger partial charge in [-0.3, -0.25) is 0 Å². The first-order valence-electron chi connectivity index (χ1n) is 8.26. The number of nitrogens with one attached hydrogen (secondary N) is 1. The lowest BCUT2D eigenvalue weighted by Crippen LogP contribution is -2.01. The largest absolute Gasteiger partial charge is 0.493 e. The summed E-state index contributed by atoms with van der Waals surface area (Å²) in [7, 11) is 1.35. The van der Waals surface area contributed by atoms with Crippen molar-refractivity contribution < 1.29 is 14.3 Å². The molecular weight excluding hydrogens is 364 g/mol. The number of methoxy groups -OCH3 is 1. The highest BCUT2D eigenvalue weighted by Gasteiger charge is 2.13. The van der Waals surface area contributed by atoms with Crippen LogP contribution in [0.3, 0.4) is 0 Å². The molecule has 7 nitrogen and oxygen atoms in total. The second-order valence-corrected chi connectivity index (χ2v) is 5.84. The fourth-order valence-electron chi connectivity index (χ4n) is 2.45. The van der Waals surface area contributed by atoms with E-state index in [-0.39, 0.29) is 5.97 Å². The normalized spacial score (nSPS) is 10.9. The molecule has 3 aromatic rings. The van der Waals surface area contributed by atoms with Crippen LogP contribution in [0.2, 0.25) is 0 Å². The van der Waals surface area contributed by atoms with Crippen molar-refractivity contribution >= 4 is 24.4 Å². The molecule has 3 rings (SSSR count). The van der Waals surface area contributed by atoms with Crippen LogP contribution >= 0.6 is 12.2 Å². The molecule has 0 spiro atoms. The molecule has 0 bridgehead atoms. The van der Waals surface area contributed by atoms with Crippen LogP contribution < -0.4 is 4.74 Å². The van der Waals surface area contributed by atoms with Gasteiger partial charge >= 0.3 is 5.97 Å². The first kappa shape index (κ1) is 18.5. The number of para-hydroxylation sites is 1. The fraction of sp³-hybridized carbons (Fsp3) is 0.158. The first-order valence-corrected chi connectivity index (χ1v) is 8.67. The Hall–Kier alpha value is -3.26. The number of ether oxygens (including phenoxy) is 2. The zero-order valence-electron chi connectivity index (χ0n) is 14.9. The molecule has 27 heavy (non-hydrogen) atoms. The number of aromatic amines is 1. The molecular formula is C19H18N4O3S. The van der Waals surface area contributed by atoms with Crippen molar-refractivity contribution in [3.63, 3.8) is 0 Å². The number of aromatic nitrogens is 3. The van der Waals surface area contributed by atoms with Gasteiger partial charge in [0.25, 0.3) is 0 Å². The number of carbonyl (C=O) groups excluding carboxylic acids is 1. The number of nitrogens with zero attached hydrogens (tertiary/aromatic N) is 3. The Morgan fingerprint density at radius 2 is 2.00 bits per heavy atom. The van der Waals surface area contributed by atoms with Gasteiger partial charge in [0.1, 0.15) is 5.75 Å². The van der Waals surface area contributed by atoms with Crippen LogP contribution in [0.1, 0.15) is 22.8 Å². The molecule has 8 heteroatoms. The SMILES string of the molecule is CCOc1ccccc1-c1n[nH]c(=S)n1/N=C\c1ccc(C(=O)OC)cc1. The Morgan fingerprint density at radius 1 is 1.26 bits per heavy atom. The molecule has 0 aliphatic carbocycles. The summed E-state index contributed by atoms with van der Waals surface area (Å²) in [6, 6.07) is 14.4. The minimum atomic E-state index is -0.384. The van der Waals surface area contributed by atoms with Gasteiger partial charge in [-0.05, 0) is 49.0 Å². The van der Waals surface area contributed by atoms with Crippen LogP contribution in [-0.2, 0) is 4.74 Å². The van der Waals surface area contributed by atoms with Crippen molar-refractivity contribution in [1.29, 1.82) is 0 Å². The highest BCUT2D eigenvalue weighted by atomic mass is 32.1. The van der Waals surface area contributed by atoms with Gasteiger partial charge in [-0.1, -0.05) is 24.3 Å². The summed E-state index contributed by atoms with van der Waals surface area (Å²) in [6.07, 6.45) is 1.64. The minimum Gasteiger partial charge on any atom is -0.493 e. The van der Waals surface area contributed by atoms with E-state index in [0.29, 0.717) is 28.5 Å². The van der Waals surface area contributed by atoms with Crippen LogP contribution in [0.15, 0.2) is 53.6 Å². The van der Waals surface area contributed by atoms with Crippen LogP contribution in [0.5, 0.6) is 5.75 Å². The Bertz CT molecular complexity index is 1020. The van der Waals surface area contributed by atoms with E-state index in [2.05, 4.69) is 15.3 Å². The monoisotopic (exact) mass is 382 g/mol. The second-order valence-electron chi connectivity index (χ2n) is 5.45. The average Bonchev–Trinajstić information content (AvgIpc) is 3.07. The predicted molar refractivity (Wildman–Crippen MR) is 105 cm³/mol. The molecule has 2 aromatic carbocycles. The molecule has 0 unspecified atom stereocenters. The molecule has 1 heterocycles. The van der Waals surface area contributed by atoms with E-state index in [9.17, 15) is 4.79 Å². The molecule has 0 saturated heterocycles. The van der Waals surface area contributed by atoms with Crippen molar-refractivity contribution in [3.8, 4) is 17.1 Å². The number of carbonyl (C=O) groups is 1. The maximum Gasteiger partial charge on any atom is 0.337 e. The lowest BCUT2D eigenvalue weighted by molar-refractivity contribution is 0.0600. The van der Waals surface area contributed by atoms with Gasteiger partial charge in [-0.15, -0.1) is 0 Å². The van der Waals surface area contributed by atoms with Crippen molar-refractivity contribution in [2.45, 2.75) is 6.92 Å². The number of hydrogen-bond acceptors (Lipinski definition) is 6. The number of H-pyrrole nitrogens is 1. The van der Waals surface area contributed by atoms with E-state index >= 15 is 0 Å². The van der Waals surface area contributed by atoms with Crippen molar-refractivity contribution in [1.82, 2.24) is 14.9 Å². The number of hydrogen-bond donors (Lipinski definition) is 1. The molecule has 0 radical (unpaired) electrons. The molecule has 1 aromatic heterocycles. The third kappa shape index (κ3) is 4.12. The molecule has 0 aliphatic heterocycles. The minimum absolute atomic E-state index is 0.360. The molecule has 0 atom stereocenters. The quantitative estimate of drug-likeness (QED) is 0.400. The predicted octanol–water partition coefficient (Wildman–Crippen LogP) is 3.68. The highest BCUT2D eigenvalue weighted by molar-refractivity contribution is 7.71. The molecule has 0 aliphatic rings. The fourth-order valence-corrected chi connectivity index (χ4v) is 2.63. The Labute approximate surface area is 161 Å². The smallest absolute Gasteiger partial charge is 0.337 e. The third-order valence-electron chi connectivity index (χ3n) is 3.73. The van der Waals surface area contributed by atoms with Gasteiger partial charge in [0.05, 0.1) is 31.1 Å². The van der Waals surface area contributed by atoms with E-state index in [0.717, 1.165) is 11.1 Å². The van der Waals surface area contributed by atoms with E-state index < -0.39 is 0 Å². The lowest BCUT2D eigenvalue weighted by Gasteiger charge is -2.08. The Morgan fingerprint density at radius 3 is 2.70 bits per heavy atom. The molecule has 0 amide bonds. The van der Waals surface area contributed by atoms with Crippen LogP contribution in [-0.4, -0.2) is 40.8 Å². The van der Waals surface area contributed by atoms with Gasteiger partial charge in [-0.2, -0.15) is 14.9 Å². The molecule has 1 N–H and O–H groups in total. The zero-order valence-corrected chi connectivity index (χ0v) is 15.7. The van der Waals surface area contributed by atoms with Crippen LogP contribution in [0.25, 0.3) is 11.4 Å². The van der Waals surface area contributed by atoms with Crippen molar-refractivity contribution in [3.05, 3.63) is 64.4 Å². The van der Waals surface area contributed by atoms with Gasteiger partial charge in [0.15, 0.2) is 5.82 Å². The van der Waals surface area contributed by atoms with Gasteiger partial charge in [0.2, 0.25) is 4.77 Å². The van der Waals surface area contributed by atoms with Crippen LogP contribution in [0, 0.1) is 4.77 Å². The van der Waals surface area contributed by atoms with Gasteiger partial charge in [-0.25, -0.2) is 9.89 Å². The summed E-state index contributed by atoms with van der Waals surface area (Å²) in [6.45, 7) is 2.46. The average molecular weight is 382 g/mol. The van der Waals surface area contributed by atoms with Crippen LogP contribution in [0.4, 0.5) is 0 Å². The zero-order chi connectivity index (χ0) is 19.2. The van der Waals surface area contributed by atoms with Gasteiger partial charge < -0.3 is 9.47 Å². The molecule has 138 valence electrons. The van der Waals surface area contributed by atoms with E-state index in [4.69, 9.17) is 21.7 Å². The summed E-state index contributed by atoms with van der Waals surface area (Å²) in [5.41, 5.74) is 2.06.